The molecule has 0 bridgehead atoms. The molecule has 2 rings (SSSR count). The Balaban J connectivity index is 2.42. The largest absolute Gasteiger partial charge is 0.271 e. The zero-order valence-electron chi connectivity index (χ0n) is 9.06. The number of benzene rings is 1. The number of aromatic nitrogens is 3. The molecule has 17 heavy (non-hydrogen) atoms. The van der Waals surface area contributed by atoms with E-state index in [-0.39, 0.29) is 11.9 Å². The number of rotatable bonds is 3. The highest BCUT2D eigenvalue weighted by molar-refractivity contribution is 9.10. The lowest BCUT2D eigenvalue weighted by molar-refractivity contribution is 0.562. The monoisotopic (exact) mass is 299 g/mol. The summed E-state index contributed by atoms with van der Waals surface area (Å²) in [6.45, 7) is 0. The molecule has 1 unspecified atom stereocenters. The minimum Gasteiger partial charge on any atom is -0.271 e. The van der Waals surface area contributed by atoms with E-state index in [2.05, 4.69) is 31.7 Å². The lowest BCUT2D eigenvalue weighted by atomic mass is 10.0. The van der Waals surface area contributed by atoms with Crippen molar-refractivity contribution in [3.8, 4) is 0 Å². The molecular weight excluding hydrogens is 289 g/mol. The average molecular weight is 300 g/mol. The van der Waals surface area contributed by atoms with Crippen molar-refractivity contribution in [1.29, 1.82) is 0 Å². The second-order valence-corrected chi connectivity index (χ2v) is 4.41. The maximum atomic E-state index is 13.5. The van der Waals surface area contributed by atoms with E-state index in [1.54, 1.807) is 30.1 Å². The van der Waals surface area contributed by atoms with Crippen molar-refractivity contribution < 1.29 is 4.39 Å². The smallest absolute Gasteiger partial charge is 0.137 e. The maximum absolute atomic E-state index is 13.5. The number of aryl methyl sites for hydroxylation is 1. The van der Waals surface area contributed by atoms with Crippen molar-refractivity contribution in [3.05, 3.63) is 45.9 Å². The van der Waals surface area contributed by atoms with Gasteiger partial charge in [-0.25, -0.2) is 9.82 Å². The molecule has 1 atom stereocenters. The third-order valence-corrected chi connectivity index (χ3v) is 3.13. The first-order valence-corrected chi connectivity index (χ1v) is 5.68. The molecule has 7 heteroatoms. The summed E-state index contributed by atoms with van der Waals surface area (Å²) in [6.07, 6.45) is 1.59. The van der Waals surface area contributed by atoms with Gasteiger partial charge in [0.1, 0.15) is 5.82 Å². The van der Waals surface area contributed by atoms with E-state index in [0.29, 0.717) is 10.0 Å². The lowest BCUT2D eigenvalue weighted by Gasteiger charge is -2.16. The van der Waals surface area contributed by atoms with Gasteiger partial charge in [0, 0.05) is 7.05 Å². The van der Waals surface area contributed by atoms with E-state index >= 15 is 0 Å². The molecule has 1 aromatic heterocycles. The number of halogens is 2. The quantitative estimate of drug-likeness (QED) is 0.661. The number of nitrogens with zero attached hydrogens (tertiary/aromatic N) is 3. The van der Waals surface area contributed by atoms with Crippen LogP contribution in [0.2, 0.25) is 0 Å². The Morgan fingerprint density at radius 2 is 2.29 bits per heavy atom. The van der Waals surface area contributed by atoms with Crippen molar-refractivity contribution in [1.82, 2.24) is 20.4 Å². The van der Waals surface area contributed by atoms with Gasteiger partial charge < -0.3 is 0 Å². The highest BCUT2D eigenvalue weighted by Gasteiger charge is 2.17. The highest BCUT2D eigenvalue weighted by Crippen LogP contribution is 2.24. The van der Waals surface area contributed by atoms with E-state index in [9.17, 15) is 4.39 Å². The van der Waals surface area contributed by atoms with Gasteiger partial charge in [0.15, 0.2) is 0 Å². The van der Waals surface area contributed by atoms with Crippen LogP contribution in [0.25, 0.3) is 0 Å². The molecule has 0 aliphatic heterocycles. The number of hydrogen-bond donors (Lipinski definition) is 2. The molecule has 3 N–H and O–H groups in total. The minimum absolute atomic E-state index is 0.335. The molecule has 2 aromatic rings. The Kier molecular flexibility index (Phi) is 3.51. The van der Waals surface area contributed by atoms with E-state index < -0.39 is 0 Å². The van der Waals surface area contributed by atoms with Crippen LogP contribution < -0.4 is 11.3 Å². The summed E-state index contributed by atoms with van der Waals surface area (Å²) in [5.41, 5.74) is 4.09. The summed E-state index contributed by atoms with van der Waals surface area (Å²) >= 11 is 3.11. The molecule has 0 saturated heterocycles. The Morgan fingerprint density at radius 3 is 2.82 bits per heavy atom. The van der Waals surface area contributed by atoms with Gasteiger partial charge in [-0.2, -0.15) is 0 Å². The van der Waals surface area contributed by atoms with Gasteiger partial charge in [-0.15, -0.1) is 5.10 Å². The average Bonchev–Trinajstić information content (AvgIpc) is 2.71. The van der Waals surface area contributed by atoms with Crippen LogP contribution in [0.5, 0.6) is 0 Å². The van der Waals surface area contributed by atoms with Gasteiger partial charge in [-0.1, -0.05) is 11.3 Å². The van der Waals surface area contributed by atoms with E-state index in [1.807, 2.05) is 0 Å². The van der Waals surface area contributed by atoms with Crippen molar-refractivity contribution in [3.63, 3.8) is 0 Å². The predicted molar refractivity (Wildman–Crippen MR) is 64.3 cm³/mol. The van der Waals surface area contributed by atoms with Crippen molar-refractivity contribution in [2.75, 3.05) is 0 Å². The molecule has 1 heterocycles. The fourth-order valence-corrected chi connectivity index (χ4v) is 1.85. The summed E-state index contributed by atoms with van der Waals surface area (Å²) in [5.74, 6) is 5.16. The van der Waals surface area contributed by atoms with Crippen molar-refractivity contribution >= 4 is 15.9 Å². The van der Waals surface area contributed by atoms with Crippen LogP contribution in [0.1, 0.15) is 17.3 Å². The number of hydrazine groups is 1. The SMILES string of the molecule is Cn1nncc1C(NN)c1ccc(Br)c(F)c1. The summed E-state index contributed by atoms with van der Waals surface area (Å²) < 4.78 is 15.5. The molecule has 0 aliphatic carbocycles. The van der Waals surface area contributed by atoms with Gasteiger partial charge >= 0.3 is 0 Å². The fourth-order valence-electron chi connectivity index (χ4n) is 1.60. The van der Waals surface area contributed by atoms with E-state index in [0.717, 1.165) is 5.69 Å². The van der Waals surface area contributed by atoms with Crippen molar-refractivity contribution in [2.45, 2.75) is 6.04 Å². The third-order valence-electron chi connectivity index (χ3n) is 2.49. The van der Waals surface area contributed by atoms with Crippen LogP contribution >= 0.6 is 15.9 Å². The van der Waals surface area contributed by atoms with Crippen LogP contribution in [0.15, 0.2) is 28.9 Å². The Hall–Kier alpha value is -1.31. The number of nitrogens with one attached hydrogen (secondary N) is 1. The third kappa shape index (κ3) is 2.36. The summed E-state index contributed by atoms with van der Waals surface area (Å²) in [6, 6.07) is 4.49. The van der Waals surface area contributed by atoms with Gasteiger partial charge in [0.25, 0.3) is 0 Å². The zero-order valence-corrected chi connectivity index (χ0v) is 10.6. The van der Waals surface area contributed by atoms with Gasteiger partial charge in [-0.05, 0) is 33.6 Å². The fraction of sp³-hybridized carbons (Fsp3) is 0.200. The molecule has 90 valence electrons. The molecule has 5 nitrogen and oxygen atoms in total. The molecule has 0 aliphatic rings. The Labute approximate surface area is 106 Å². The molecule has 0 fully saturated rings. The molecule has 0 saturated carbocycles. The molecule has 1 aromatic carbocycles. The first-order valence-electron chi connectivity index (χ1n) is 4.89. The summed E-state index contributed by atoms with van der Waals surface area (Å²) in [7, 11) is 1.75. The van der Waals surface area contributed by atoms with Gasteiger partial charge in [0.05, 0.1) is 22.4 Å². The van der Waals surface area contributed by atoms with Gasteiger partial charge in [0.2, 0.25) is 0 Å². The summed E-state index contributed by atoms with van der Waals surface area (Å²) in [5, 5.41) is 7.59. The molecule has 0 radical (unpaired) electrons. The predicted octanol–water partition coefficient (Wildman–Crippen LogP) is 1.27. The second-order valence-electron chi connectivity index (χ2n) is 3.56. The first kappa shape index (κ1) is 12.2. The van der Waals surface area contributed by atoms with Crippen molar-refractivity contribution in [2.24, 2.45) is 12.9 Å². The van der Waals surface area contributed by atoms with Crippen LogP contribution in [-0.2, 0) is 7.05 Å². The second kappa shape index (κ2) is 4.91. The zero-order chi connectivity index (χ0) is 12.4. The van der Waals surface area contributed by atoms with Crippen LogP contribution in [-0.4, -0.2) is 15.0 Å². The molecule has 0 spiro atoms. The number of hydrogen-bond acceptors (Lipinski definition) is 4. The number of nitrogens with two attached hydrogens (primary N) is 1. The van der Waals surface area contributed by atoms with E-state index in [4.69, 9.17) is 5.84 Å². The molecular formula is C10H11BrFN5. The molecule has 0 amide bonds. The maximum Gasteiger partial charge on any atom is 0.137 e. The van der Waals surface area contributed by atoms with E-state index in [1.165, 1.54) is 6.07 Å². The lowest BCUT2D eigenvalue weighted by Crippen LogP contribution is -2.30. The van der Waals surface area contributed by atoms with Gasteiger partial charge in [-0.3, -0.25) is 10.5 Å². The Morgan fingerprint density at radius 1 is 1.53 bits per heavy atom. The normalized spacial score (nSPS) is 12.7. The highest BCUT2D eigenvalue weighted by atomic mass is 79.9. The first-order chi connectivity index (χ1) is 8.13. The van der Waals surface area contributed by atoms with Crippen LogP contribution in [0.4, 0.5) is 4.39 Å². The van der Waals surface area contributed by atoms with Crippen LogP contribution in [0, 0.1) is 5.82 Å². The topological polar surface area (TPSA) is 68.8 Å². The standard InChI is InChI=1S/C10H11BrFN5/c1-17-9(5-14-16-17)10(15-13)6-2-3-7(11)8(12)4-6/h2-5,10,15H,13H2,1H3. The summed E-state index contributed by atoms with van der Waals surface area (Å²) in [4.78, 5) is 0. The van der Waals surface area contributed by atoms with Crippen LogP contribution in [0.3, 0.4) is 0 Å². The minimum atomic E-state index is -0.349. The Bertz CT molecular complexity index is 527.